The normalized spacial score (nSPS) is 10.6. The lowest BCUT2D eigenvalue weighted by Crippen LogP contribution is -2.12. The fourth-order valence-electron chi connectivity index (χ4n) is 2.73. The Kier molecular flexibility index (Phi) is 4.97. The quantitative estimate of drug-likeness (QED) is 0.440. The second-order valence-electron chi connectivity index (χ2n) is 5.88. The number of benzene rings is 2. The summed E-state index contributed by atoms with van der Waals surface area (Å²) in [6, 6.07) is 21.1. The van der Waals surface area contributed by atoms with E-state index in [2.05, 4.69) is 38.0 Å². The Morgan fingerprint density at radius 1 is 1.00 bits per heavy atom. The van der Waals surface area contributed by atoms with Gasteiger partial charge in [0.15, 0.2) is 0 Å². The molecule has 6 heteroatoms. The highest BCUT2D eigenvalue weighted by Crippen LogP contribution is 2.24. The lowest BCUT2D eigenvalue weighted by molar-refractivity contribution is 0.102. The number of para-hydroxylation sites is 1. The van der Waals surface area contributed by atoms with Gasteiger partial charge in [0, 0.05) is 33.4 Å². The third-order valence-electron chi connectivity index (χ3n) is 4.00. The van der Waals surface area contributed by atoms with Gasteiger partial charge in [-0.05, 0) is 65.1 Å². The Hall–Kier alpha value is -3.00. The minimum atomic E-state index is -0.210. The van der Waals surface area contributed by atoms with Gasteiger partial charge in [0.05, 0.1) is 11.3 Å². The third kappa shape index (κ3) is 3.90. The minimum absolute atomic E-state index is 0.210. The van der Waals surface area contributed by atoms with Crippen LogP contribution in [0.4, 0.5) is 5.69 Å². The van der Waals surface area contributed by atoms with E-state index >= 15 is 0 Å². The van der Waals surface area contributed by atoms with Crippen LogP contribution in [0.5, 0.6) is 0 Å². The highest BCUT2D eigenvalue weighted by atomic mass is 127. The van der Waals surface area contributed by atoms with Crippen molar-refractivity contribution in [2.75, 3.05) is 5.32 Å². The average Bonchev–Trinajstić information content (AvgIpc) is 3.15. The van der Waals surface area contributed by atoms with Gasteiger partial charge in [-0.3, -0.25) is 9.78 Å². The lowest BCUT2D eigenvalue weighted by Gasteiger charge is -2.05. The fourth-order valence-corrected chi connectivity index (χ4v) is 3.28. The van der Waals surface area contributed by atoms with Crippen LogP contribution in [0.2, 0.25) is 0 Å². The summed E-state index contributed by atoms with van der Waals surface area (Å²) in [7, 11) is 0. The number of hydrogen-bond donors (Lipinski definition) is 1. The minimum Gasteiger partial charge on any atom is -0.322 e. The molecule has 27 heavy (non-hydrogen) atoms. The van der Waals surface area contributed by atoms with Crippen LogP contribution in [0.1, 0.15) is 10.4 Å². The first-order valence-electron chi connectivity index (χ1n) is 8.33. The van der Waals surface area contributed by atoms with Crippen LogP contribution >= 0.6 is 22.6 Å². The molecule has 0 saturated carbocycles. The number of aromatic nitrogens is 3. The number of carbonyl (C=O) groups excluding carboxylic acids is 1. The largest absolute Gasteiger partial charge is 0.322 e. The number of halogens is 1. The van der Waals surface area contributed by atoms with Gasteiger partial charge >= 0.3 is 0 Å². The van der Waals surface area contributed by atoms with Gasteiger partial charge in [0.25, 0.3) is 5.91 Å². The van der Waals surface area contributed by atoms with E-state index in [1.807, 2.05) is 66.7 Å². The van der Waals surface area contributed by atoms with Crippen molar-refractivity contribution in [2.45, 2.75) is 0 Å². The molecule has 0 aliphatic rings. The predicted octanol–water partition coefficient (Wildman–Crippen LogP) is 4.79. The summed E-state index contributed by atoms with van der Waals surface area (Å²) in [6.45, 7) is 0. The molecule has 0 radical (unpaired) electrons. The van der Waals surface area contributed by atoms with Gasteiger partial charge in [-0.2, -0.15) is 5.10 Å². The van der Waals surface area contributed by atoms with Crippen molar-refractivity contribution in [3.63, 3.8) is 0 Å². The van der Waals surface area contributed by atoms with Crippen molar-refractivity contribution in [1.29, 1.82) is 0 Å². The lowest BCUT2D eigenvalue weighted by atomic mass is 10.1. The van der Waals surface area contributed by atoms with Gasteiger partial charge in [-0.15, -0.1) is 0 Å². The zero-order valence-electron chi connectivity index (χ0n) is 14.2. The highest BCUT2D eigenvalue weighted by molar-refractivity contribution is 14.1. The van der Waals surface area contributed by atoms with E-state index in [4.69, 9.17) is 0 Å². The number of pyridine rings is 1. The number of rotatable bonds is 4. The second-order valence-corrected chi connectivity index (χ2v) is 7.12. The number of carbonyl (C=O) groups is 1. The molecule has 4 rings (SSSR count). The molecule has 1 amide bonds. The first-order chi connectivity index (χ1) is 13.2. The summed E-state index contributed by atoms with van der Waals surface area (Å²) in [4.78, 5) is 17.1. The average molecular weight is 466 g/mol. The Morgan fingerprint density at radius 3 is 2.59 bits per heavy atom. The van der Waals surface area contributed by atoms with Crippen molar-refractivity contribution >= 4 is 34.2 Å². The van der Waals surface area contributed by atoms with Gasteiger partial charge < -0.3 is 5.32 Å². The Labute approximate surface area is 170 Å². The number of nitrogens with zero attached hydrogens (tertiary/aromatic N) is 3. The van der Waals surface area contributed by atoms with Crippen molar-refractivity contribution < 1.29 is 4.79 Å². The monoisotopic (exact) mass is 466 g/mol. The summed E-state index contributed by atoms with van der Waals surface area (Å²) in [5, 5.41) is 7.60. The first-order valence-corrected chi connectivity index (χ1v) is 9.41. The van der Waals surface area contributed by atoms with Crippen molar-refractivity contribution in [3.05, 3.63) is 94.5 Å². The summed E-state index contributed by atoms with van der Waals surface area (Å²) in [6.07, 6.45) is 5.16. The van der Waals surface area contributed by atoms with Gasteiger partial charge in [-0.25, -0.2) is 4.68 Å². The number of nitrogens with one attached hydrogen (secondary N) is 1. The van der Waals surface area contributed by atoms with E-state index in [0.717, 1.165) is 20.5 Å². The van der Waals surface area contributed by atoms with Crippen LogP contribution in [0.15, 0.2) is 85.3 Å². The van der Waals surface area contributed by atoms with E-state index in [0.29, 0.717) is 11.3 Å². The third-order valence-corrected chi connectivity index (χ3v) is 4.67. The maximum atomic E-state index is 13.0. The van der Waals surface area contributed by atoms with Crippen molar-refractivity contribution in [2.24, 2.45) is 0 Å². The molecule has 0 aliphatic carbocycles. The molecule has 0 aliphatic heterocycles. The number of hydrogen-bond acceptors (Lipinski definition) is 3. The number of amides is 1. The summed E-state index contributed by atoms with van der Waals surface area (Å²) in [5.41, 5.74) is 3.51. The van der Waals surface area contributed by atoms with E-state index in [1.165, 1.54) is 0 Å². The molecule has 2 aromatic carbocycles. The molecule has 5 nitrogen and oxygen atoms in total. The van der Waals surface area contributed by atoms with Crippen LogP contribution in [0.3, 0.4) is 0 Å². The summed E-state index contributed by atoms with van der Waals surface area (Å²) in [5.74, 6) is -0.210. The maximum absolute atomic E-state index is 13.0. The SMILES string of the molecule is O=C(Nc1cccc(I)c1)c1cn(-c2ccccc2)nc1-c1cccnc1. The molecule has 2 heterocycles. The molecular weight excluding hydrogens is 451 g/mol. The van der Waals surface area contributed by atoms with Crippen LogP contribution in [-0.4, -0.2) is 20.7 Å². The van der Waals surface area contributed by atoms with E-state index < -0.39 is 0 Å². The molecule has 0 fully saturated rings. The smallest absolute Gasteiger partial charge is 0.259 e. The highest BCUT2D eigenvalue weighted by Gasteiger charge is 2.19. The van der Waals surface area contributed by atoms with E-state index in [9.17, 15) is 4.79 Å². The van der Waals surface area contributed by atoms with E-state index in [1.54, 1.807) is 23.3 Å². The van der Waals surface area contributed by atoms with Gasteiger partial charge in [0.2, 0.25) is 0 Å². The molecular formula is C21H15IN4O. The molecule has 1 N–H and O–H groups in total. The Balaban J connectivity index is 1.76. The molecule has 2 aromatic heterocycles. The summed E-state index contributed by atoms with van der Waals surface area (Å²) >= 11 is 2.22. The zero-order valence-corrected chi connectivity index (χ0v) is 16.4. The molecule has 0 bridgehead atoms. The van der Waals surface area contributed by atoms with Crippen LogP contribution in [-0.2, 0) is 0 Å². The zero-order chi connectivity index (χ0) is 18.6. The van der Waals surface area contributed by atoms with Crippen molar-refractivity contribution in [1.82, 2.24) is 14.8 Å². The Bertz CT molecular complexity index is 1080. The number of anilines is 1. The molecule has 0 spiro atoms. The van der Waals surface area contributed by atoms with Crippen LogP contribution in [0.25, 0.3) is 16.9 Å². The Morgan fingerprint density at radius 2 is 1.85 bits per heavy atom. The maximum Gasteiger partial charge on any atom is 0.259 e. The van der Waals surface area contributed by atoms with Gasteiger partial charge in [-0.1, -0.05) is 24.3 Å². The van der Waals surface area contributed by atoms with Crippen molar-refractivity contribution in [3.8, 4) is 16.9 Å². The summed E-state index contributed by atoms with van der Waals surface area (Å²) < 4.78 is 2.77. The molecule has 132 valence electrons. The van der Waals surface area contributed by atoms with Crippen LogP contribution in [0, 0.1) is 3.57 Å². The van der Waals surface area contributed by atoms with Crippen LogP contribution < -0.4 is 5.32 Å². The first kappa shape index (κ1) is 17.4. The second kappa shape index (κ2) is 7.71. The molecule has 0 atom stereocenters. The molecule has 0 saturated heterocycles. The van der Waals surface area contributed by atoms with Gasteiger partial charge in [0.1, 0.15) is 5.69 Å². The molecule has 0 unspecified atom stereocenters. The molecule has 4 aromatic rings. The predicted molar refractivity (Wildman–Crippen MR) is 114 cm³/mol. The fraction of sp³-hybridized carbons (Fsp3) is 0. The topological polar surface area (TPSA) is 59.8 Å². The standard InChI is InChI=1S/C21H15IN4O/c22-16-7-4-8-17(12-16)24-21(27)19-14-26(18-9-2-1-3-10-18)25-20(19)15-6-5-11-23-13-15/h1-14H,(H,24,27). The van der Waals surface area contributed by atoms with E-state index in [-0.39, 0.29) is 5.91 Å².